The number of carbonyl (C=O) groups is 3. The van der Waals surface area contributed by atoms with Gasteiger partial charge in [0.15, 0.2) is 0 Å². The van der Waals surface area contributed by atoms with Gasteiger partial charge >= 0.3 is 6.03 Å². The van der Waals surface area contributed by atoms with Gasteiger partial charge in [-0.05, 0) is 52.7 Å². The zero-order chi connectivity index (χ0) is 24.4. The summed E-state index contributed by atoms with van der Waals surface area (Å²) in [5.41, 5.74) is 1.67. The van der Waals surface area contributed by atoms with E-state index in [1.54, 1.807) is 30.3 Å². The lowest BCUT2D eigenvalue weighted by atomic mass is 10.0. The Morgan fingerprint density at radius 2 is 1.54 bits per heavy atom. The van der Waals surface area contributed by atoms with E-state index in [0.717, 1.165) is 21.2 Å². The fourth-order valence-electron chi connectivity index (χ4n) is 3.94. The Morgan fingerprint density at radius 3 is 2.37 bits per heavy atom. The zero-order valence-electron chi connectivity index (χ0n) is 18.4. The van der Waals surface area contributed by atoms with Crippen LogP contribution in [0, 0.1) is 0 Å². The highest BCUT2D eigenvalue weighted by atomic mass is 35.5. The Labute approximate surface area is 206 Å². The van der Waals surface area contributed by atoms with Gasteiger partial charge in [-0.3, -0.25) is 14.9 Å². The first kappa shape index (κ1) is 22.4. The number of nitrogens with zero attached hydrogens (tertiary/aromatic N) is 1. The van der Waals surface area contributed by atoms with E-state index in [9.17, 15) is 14.4 Å². The van der Waals surface area contributed by atoms with Crippen molar-refractivity contribution in [3.63, 3.8) is 0 Å². The van der Waals surface area contributed by atoms with Crippen LogP contribution in [0.25, 0.3) is 16.8 Å². The van der Waals surface area contributed by atoms with E-state index in [1.807, 2.05) is 48.5 Å². The van der Waals surface area contributed by atoms with Crippen molar-refractivity contribution in [2.24, 2.45) is 0 Å². The lowest BCUT2D eigenvalue weighted by molar-refractivity contribution is -0.122. The van der Waals surface area contributed by atoms with Gasteiger partial charge in [0.05, 0.1) is 5.69 Å². The third-order valence-electron chi connectivity index (χ3n) is 5.67. The molecule has 1 aliphatic heterocycles. The predicted octanol–water partition coefficient (Wildman–Crippen LogP) is 5.74. The third kappa shape index (κ3) is 4.52. The van der Waals surface area contributed by atoms with Crippen molar-refractivity contribution in [1.82, 2.24) is 5.32 Å². The molecule has 1 aliphatic rings. The van der Waals surface area contributed by atoms with Crippen LogP contribution in [0.3, 0.4) is 0 Å². The summed E-state index contributed by atoms with van der Waals surface area (Å²) in [6.45, 7) is 0.303. The highest BCUT2D eigenvalue weighted by Crippen LogP contribution is 2.27. The van der Waals surface area contributed by atoms with Gasteiger partial charge in [0.25, 0.3) is 11.8 Å². The van der Waals surface area contributed by atoms with Crippen molar-refractivity contribution in [2.75, 3.05) is 4.90 Å². The van der Waals surface area contributed by atoms with Crippen LogP contribution in [0.15, 0.2) is 96.6 Å². The average Bonchev–Trinajstić information content (AvgIpc) is 2.87. The molecule has 7 heteroatoms. The molecule has 1 heterocycles. The maximum Gasteiger partial charge on any atom is 0.335 e. The molecule has 0 unspecified atom stereocenters. The second kappa shape index (κ2) is 9.44. The van der Waals surface area contributed by atoms with Crippen LogP contribution in [-0.4, -0.2) is 17.8 Å². The minimum absolute atomic E-state index is 0.180. The first-order valence-electron chi connectivity index (χ1n) is 10.9. The van der Waals surface area contributed by atoms with E-state index in [-0.39, 0.29) is 5.57 Å². The molecule has 0 spiro atoms. The molecule has 0 aromatic heterocycles. The van der Waals surface area contributed by atoms with Crippen LogP contribution in [0.5, 0.6) is 5.75 Å². The Balaban J connectivity index is 1.45. The number of ether oxygens (including phenoxy) is 1. The monoisotopic (exact) mass is 482 g/mol. The second-order valence-electron chi connectivity index (χ2n) is 7.90. The normalized spacial score (nSPS) is 14.9. The molecule has 5 rings (SSSR count). The van der Waals surface area contributed by atoms with E-state index in [2.05, 4.69) is 5.32 Å². The van der Waals surface area contributed by atoms with Crippen molar-refractivity contribution in [3.8, 4) is 5.75 Å². The number of halogens is 1. The fourth-order valence-corrected chi connectivity index (χ4v) is 4.07. The highest BCUT2D eigenvalue weighted by Gasteiger charge is 2.36. The SMILES string of the molecule is O=C1NC(=O)N(c2ccc(Cl)cc2)C(=O)/C1=C\c1ccccc1OCc1cccc2ccccc12. The summed E-state index contributed by atoms with van der Waals surface area (Å²) >= 11 is 5.92. The summed E-state index contributed by atoms with van der Waals surface area (Å²) in [7, 11) is 0. The number of urea groups is 1. The molecule has 0 aliphatic carbocycles. The first-order chi connectivity index (χ1) is 17.0. The number of benzene rings is 4. The van der Waals surface area contributed by atoms with Gasteiger partial charge < -0.3 is 4.74 Å². The minimum atomic E-state index is -0.819. The van der Waals surface area contributed by atoms with Crippen molar-refractivity contribution >= 4 is 52.0 Å². The Hall–Kier alpha value is -4.42. The van der Waals surface area contributed by atoms with Crippen molar-refractivity contribution < 1.29 is 19.1 Å². The van der Waals surface area contributed by atoms with Crippen LogP contribution >= 0.6 is 11.6 Å². The number of imide groups is 2. The van der Waals surface area contributed by atoms with Crippen molar-refractivity contribution in [1.29, 1.82) is 0 Å². The minimum Gasteiger partial charge on any atom is -0.488 e. The quantitative estimate of drug-likeness (QED) is 0.291. The fraction of sp³-hybridized carbons (Fsp3) is 0.0357. The van der Waals surface area contributed by atoms with Crippen LogP contribution in [0.2, 0.25) is 5.02 Å². The molecule has 6 nitrogen and oxygen atoms in total. The van der Waals surface area contributed by atoms with Crippen LogP contribution < -0.4 is 15.0 Å². The first-order valence-corrected chi connectivity index (χ1v) is 11.2. The molecule has 0 radical (unpaired) electrons. The Morgan fingerprint density at radius 1 is 0.829 bits per heavy atom. The number of anilines is 1. The predicted molar refractivity (Wildman–Crippen MR) is 135 cm³/mol. The molecule has 35 heavy (non-hydrogen) atoms. The van der Waals surface area contributed by atoms with Gasteiger partial charge in [0.1, 0.15) is 17.9 Å². The number of fused-ring (bicyclic) bond motifs is 1. The standard InChI is InChI=1S/C28H19ClN2O4/c29-21-12-14-22(15-13-21)31-27(33)24(26(32)30-28(31)34)16-19-7-2-4-11-25(19)35-17-20-9-5-8-18-6-1-3-10-23(18)20/h1-16H,17H2,(H,30,32,34)/b24-16-. The van der Waals surface area contributed by atoms with Gasteiger partial charge in [-0.15, -0.1) is 0 Å². The maximum absolute atomic E-state index is 13.2. The van der Waals surface area contributed by atoms with Crippen LogP contribution in [-0.2, 0) is 16.2 Å². The third-order valence-corrected chi connectivity index (χ3v) is 5.92. The molecule has 1 fully saturated rings. The largest absolute Gasteiger partial charge is 0.488 e. The summed E-state index contributed by atoms with van der Waals surface area (Å²) in [5.74, 6) is -0.998. The lowest BCUT2D eigenvalue weighted by Crippen LogP contribution is -2.54. The average molecular weight is 483 g/mol. The smallest absolute Gasteiger partial charge is 0.335 e. The maximum atomic E-state index is 13.2. The number of barbiturate groups is 1. The summed E-state index contributed by atoms with van der Waals surface area (Å²) in [6.07, 6.45) is 1.44. The molecule has 4 amide bonds. The summed E-state index contributed by atoms with van der Waals surface area (Å²) in [6, 6.07) is 26.5. The molecular weight excluding hydrogens is 464 g/mol. The van der Waals surface area contributed by atoms with Gasteiger partial charge in [0, 0.05) is 10.6 Å². The molecule has 0 bridgehead atoms. The number of carbonyl (C=O) groups excluding carboxylic acids is 3. The van der Waals surface area contributed by atoms with Crippen molar-refractivity contribution in [2.45, 2.75) is 6.61 Å². The molecular formula is C28H19ClN2O4. The summed E-state index contributed by atoms with van der Waals surface area (Å²) in [5, 5.41) is 4.89. The molecule has 172 valence electrons. The summed E-state index contributed by atoms with van der Waals surface area (Å²) in [4.78, 5) is 39.1. The van der Waals surface area contributed by atoms with Gasteiger partial charge in [-0.25, -0.2) is 9.69 Å². The van der Waals surface area contributed by atoms with Crippen LogP contribution in [0.4, 0.5) is 10.5 Å². The molecule has 0 saturated carbocycles. The van der Waals surface area contributed by atoms with Crippen molar-refractivity contribution in [3.05, 3.63) is 113 Å². The second-order valence-corrected chi connectivity index (χ2v) is 8.34. The van der Waals surface area contributed by atoms with E-state index < -0.39 is 17.8 Å². The molecule has 1 saturated heterocycles. The van der Waals surface area contributed by atoms with Gasteiger partial charge in [-0.1, -0.05) is 72.3 Å². The van der Waals surface area contributed by atoms with E-state index in [4.69, 9.17) is 16.3 Å². The van der Waals surface area contributed by atoms with E-state index in [0.29, 0.717) is 28.6 Å². The van der Waals surface area contributed by atoms with Crippen LogP contribution in [0.1, 0.15) is 11.1 Å². The zero-order valence-corrected chi connectivity index (χ0v) is 19.2. The van der Waals surface area contributed by atoms with E-state index in [1.165, 1.54) is 18.2 Å². The molecule has 1 N–H and O–H groups in total. The number of hydrogen-bond acceptors (Lipinski definition) is 4. The number of nitrogens with one attached hydrogen (secondary N) is 1. The Bertz CT molecular complexity index is 1490. The Kier molecular flexibility index (Phi) is 6.04. The highest BCUT2D eigenvalue weighted by molar-refractivity contribution is 6.39. The number of hydrogen-bond donors (Lipinski definition) is 1. The van der Waals surface area contributed by atoms with Gasteiger partial charge in [-0.2, -0.15) is 0 Å². The number of para-hydroxylation sites is 1. The van der Waals surface area contributed by atoms with Gasteiger partial charge in [0.2, 0.25) is 0 Å². The topological polar surface area (TPSA) is 75.7 Å². The molecule has 4 aromatic carbocycles. The summed E-state index contributed by atoms with van der Waals surface area (Å²) < 4.78 is 6.11. The van der Waals surface area contributed by atoms with E-state index >= 15 is 0 Å². The molecule has 4 aromatic rings. The lowest BCUT2D eigenvalue weighted by Gasteiger charge is -2.26. The molecule has 0 atom stereocenters. The number of rotatable bonds is 5. The number of amides is 4.